The molecular formula is C23H29N3O6. The predicted molar refractivity (Wildman–Crippen MR) is 113 cm³/mol. The molecule has 1 spiro atoms. The number of furan rings is 1. The zero-order chi connectivity index (χ0) is 21.7. The molecule has 2 atom stereocenters. The summed E-state index contributed by atoms with van der Waals surface area (Å²) in [6.07, 6.45) is 5.11. The molecule has 0 bridgehead atoms. The SMILES string of the molecule is Cc1c(C(=O)NC[C@@H]2COCCO2)oc2c1-c1nn(C[C@H]3COCCO3)cc1C1(CC1)C2. The number of hydrogen-bond donors (Lipinski definition) is 1. The van der Waals surface area contributed by atoms with Crippen molar-refractivity contribution in [1.29, 1.82) is 0 Å². The number of nitrogens with zero attached hydrogens (tertiary/aromatic N) is 2. The van der Waals surface area contributed by atoms with Crippen LogP contribution in [-0.2, 0) is 37.3 Å². The maximum atomic E-state index is 12.9. The molecule has 4 aliphatic rings. The summed E-state index contributed by atoms with van der Waals surface area (Å²) >= 11 is 0. The minimum Gasteiger partial charge on any atom is -0.455 e. The van der Waals surface area contributed by atoms with E-state index in [9.17, 15) is 4.79 Å². The third kappa shape index (κ3) is 3.57. The molecule has 1 saturated carbocycles. The molecule has 2 aromatic heterocycles. The van der Waals surface area contributed by atoms with E-state index in [1.165, 1.54) is 5.56 Å². The van der Waals surface area contributed by atoms with Gasteiger partial charge in [-0.05, 0) is 19.8 Å². The number of amides is 1. The van der Waals surface area contributed by atoms with Crippen molar-refractivity contribution < 1.29 is 28.2 Å². The highest BCUT2D eigenvalue weighted by molar-refractivity contribution is 5.95. The van der Waals surface area contributed by atoms with Crippen molar-refractivity contribution in [1.82, 2.24) is 15.1 Å². The molecule has 4 heterocycles. The van der Waals surface area contributed by atoms with Crippen LogP contribution in [0.5, 0.6) is 0 Å². The highest BCUT2D eigenvalue weighted by Crippen LogP contribution is 2.58. The predicted octanol–water partition coefficient (Wildman–Crippen LogP) is 1.60. The smallest absolute Gasteiger partial charge is 0.287 e. The van der Waals surface area contributed by atoms with Gasteiger partial charge in [-0.25, -0.2) is 0 Å². The molecule has 0 radical (unpaired) electrons. The molecule has 2 saturated heterocycles. The van der Waals surface area contributed by atoms with E-state index in [-0.39, 0.29) is 23.5 Å². The van der Waals surface area contributed by atoms with E-state index in [4.69, 9.17) is 28.5 Å². The number of aromatic nitrogens is 2. The largest absolute Gasteiger partial charge is 0.455 e. The molecule has 2 aromatic rings. The lowest BCUT2D eigenvalue weighted by atomic mass is 9.82. The van der Waals surface area contributed by atoms with Crippen LogP contribution in [0.4, 0.5) is 0 Å². The first-order chi connectivity index (χ1) is 15.6. The Morgan fingerprint density at radius 3 is 2.59 bits per heavy atom. The fourth-order valence-electron chi connectivity index (χ4n) is 5.10. The van der Waals surface area contributed by atoms with Gasteiger partial charge in [0, 0.05) is 41.3 Å². The molecule has 2 aliphatic carbocycles. The van der Waals surface area contributed by atoms with Crippen LogP contribution in [0.25, 0.3) is 11.3 Å². The standard InChI is InChI=1S/C23H29N3O6/c1-14-19-18(32-21(14)22(27)24-9-15-12-28-4-6-30-15)8-23(2-3-23)17-11-26(25-20(17)19)10-16-13-29-5-7-31-16/h11,15-16H,2-10,12-13H2,1H3,(H,24,27)/t15-,16+/m1/s1. The number of ether oxygens (including phenoxy) is 4. The van der Waals surface area contributed by atoms with Crippen LogP contribution < -0.4 is 5.32 Å². The van der Waals surface area contributed by atoms with Crippen LogP contribution in [0.2, 0.25) is 0 Å². The zero-order valence-corrected chi connectivity index (χ0v) is 18.4. The van der Waals surface area contributed by atoms with E-state index < -0.39 is 0 Å². The maximum Gasteiger partial charge on any atom is 0.287 e. The van der Waals surface area contributed by atoms with Gasteiger partial charge in [0.1, 0.15) is 11.9 Å². The Morgan fingerprint density at radius 1 is 1.16 bits per heavy atom. The third-order valence-corrected chi connectivity index (χ3v) is 7.00. The molecule has 1 N–H and O–H groups in total. The summed E-state index contributed by atoms with van der Waals surface area (Å²) in [6.45, 7) is 6.52. The summed E-state index contributed by atoms with van der Waals surface area (Å²) < 4.78 is 30.5. The number of rotatable bonds is 5. The maximum absolute atomic E-state index is 12.9. The van der Waals surface area contributed by atoms with Crippen molar-refractivity contribution in [2.75, 3.05) is 46.2 Å². The van der Waals surface area contributed by atoms with Crippen LogP contribution in [-0.4, -0.2) is 74.1 Å². The van der Waals surface area contributed by atoms with Crippen molar-refractivity contribution in [2.45, 2.75) is 50.4 Å². The number of nitrogens with one attached hydrogen (secondary N) is 1. The van der Waals surface area contributed by atoms with Crippen LogP contribution >= 0.6 is 0 Å². The third-order valence-electron chi connectivity index (χ3n) is 7.00. The molecule has 1 amide bonds. The first-order valence-electron chi connectivity index (χ1n) is 11.5. The molecule has 9 nitrogen and oxygen atoms in total. The zero-order valence-electron chi connectivity index (χ0n) is 18.4. The summed E-state index contributed by atoms with van der Waals surface area (Å²) in [4.78, 5) is 12.9. The Labute approximate surface area is 186 Å². The average Bonchev–Trinajstić information content (AvgIpc) is 3.32. The molecular weight excluding hydrogens is 414 g/mol. The Morgan fingerprint density at radius 2 is 1.91 bits per heavy atom. The molecule has 2 aliphatic heterocycles. The summed E-state index contributed by atoms with van der Waals surface area (Å²) in [5.74, 6) is 1.02. The molecule has 172 valence electrons. The van der Waals surface area contributed by atoms with Gasteiger partial charge >= 0.3 is 0 Å². The van der Waals surface area contributed by atoms with Crippen LogP contribution in [0.15, 0.2) is 10.6 Å². The van der Waals surface area contributed by atoms with Crippen molar-refractivity contribution in [3.63, 3.8) is 0 Å². The number of carbonyl (C=O) groups excluding carboxylic acids is 1. The quantitative estimate of drug-likeness (QED) is 0.750. The fraction of sp³-hybridized carbons (Fsp3) is 0.652. The highest BCUT2D eigenvalue weighted by atomic mass is 16.6. The number of fused-ring (bicyclic) bond motifs is 4. The molecule has 32 heavy (non-hydrogen) atoms. The summed E-state index contributed by atoms with van der Waals surface area (Å²) in [5.41, 5.74) is 4.13. The first kappa shape index (κ1) is 20.4. The Hall–Kier alpha value is -2.20. The van der Waals surface area contributed by atoms with Crippen LogP contribution in [0.1, 0.15) is 40.3 Å². The van der Waals surface area contributed by atoms with Gasteiger partial charge in [0.05, 0.1) is 58.0 Å². The minimum atomic E-state index is -0.218. The van der Waals surface area contributed by atoms with Gasteiger partial charge in [0.2, 0.25) is 0 Å². The van der Waals surface area contributed by atoms with E-state index in [0.29, 0.717) is 58.5 Å². The van der Waals surface area contributed by atoms with Crippen molar-refractivity contribution in [3.8, 4) is 11.3 Å². The lowest BCUT2D eigenvalue weighted by Crippen LogP contribution is -2.39. The molecule has 6 rings (SSSR count). The van der Waals surface area contributed by atoms with E-state index in [0.717, 1.165) is 41.8 Å². The van der Waals surface area contributed by atoms with Crippen LogP contribution in [0.3, 0.4) is 0 Å². The highest BCUT2D eigenvalue weighted by Gasteiger charge is 2.52. The van der Waals surface area contributed by atoms with Crippen LogP contribution in [0, 0.1) is 6.92 Å². The Kier molecular flexibility index (Phi) is 5.09. The molecule has 0 aromatic carbocycles. The van der Waals surface area contributed by atoms with Gasteiger partial charge in [0.25, 0.3) is 5.91 Å². The molecule has 9 heteroatoms. The van der Waals surface area contributed by atoms with Crippen molar-refractivity contribution in [3.05, 3.63) is 28.8 Å². The molecule has 0 unspecified atom stereocenters. The first-order valence-corrected chi connectivity index (χ1v) is 11.5. The van der Waals surface area contributed by atoms with Gasteiger partial charge < -0.3 is 28.7 Å². The second-order valence-electron chi connectivity index (χ2n) is 9.27. The average molecular weight is 444 g/mol. The summed E-state index contributed by atoms with van der Waals surface area (Å²) in [6, 6.07) is 0. The van der Waals surface area contributed by atoms with Crippen molar-refractivity contribution in [2.24, 2.45) is 0 Å². The Balaban J connectivity index is 1.25. The monoisotopic (exact) mass is 443 g/mol. The summed E-state index contributed by atoms with van der Waals surface area (Å²) in [5, 5.41) is 7.87. The van der Waals surface area contributed by atoms with Crippen molar-refractivity contribution >= 4 is 5.91 Å². The normalized spacial score (nSPS) is 25.9. The lowest BCUT2D eigenvalue weighted by molar-refractivity contribution is -0.0946. The number of carbonyl (C=O) groups is 1. The molecule has 3 fully saturated rings. The minimum absolute atomic E-state index is 0.0116. The second kappa shape index (κ2) is 7.98. The Bertz CT molecular complexity index is 1010. The van der Waals surface area contributed by atoms with E-state index in [1.807, 2.05) is 11.6 Å². The van der Waals surface area contributed by atoms with Gasteiger partial charge in [-0.2, -0.15) is 5.10 Å². The van der Waals surface area contributed by atoms with Gasteiger partial charge in [-0.3, -0.25) is 9.48 Å². The second-order valence-corrected chi connectivity index (χ2v) is 9.27. The number of hydrogen-bond acceptors (Lipinski definition) is 7. The fourth-order valence-corrected chi connectivity index (χ4v) is 5.10. The van der Waals surface area contributed by atoms with E-state index in [1.54, 1.807) is 0 Å². The van der Waals surface area contributed by atoms with E-state index >= 15 is 0 Å². The van der Waals surface area contributed by atoms with E-state index in [2.05, 4.69) is 11.5 Å². The van der Waals surface area contributed by atoms with Gasteiger partial charge in [-0.1, -0.05) is 0 Å². The van der Waals surface area contributed by atoms with Gasteiger partial charge in [0.15, 0.2) is 5.76 Å². The topological polar surface area (TPSA) is 97.0 Å². The summed E-state index contributed by atoms with van der Waals surface area (Å²) in [7, 11) is 0. The lowest BCUT2D eigenvalue weighted by Gasteiger charge is -2.22. The van der Waals surface area contributed by atoms with Gasteiger partial charge in [-0.15, -0.1) is 0 Å².